The Bertz CT molecular complexity index is 977. The third kappa shape index (κ3) is 2.83. The predicted molar refractivity (Wildman–Crippen MR) is 87.8 cm³/mol. The fourth-order valence-corrected chi connectivity index (χ4v) is 3.93. The lowest BCUT2D eigenvalue weighted by Gasteiger charge is -1.99. The van der Waals surface area contributed by atoms with Gasteiger partial charge in [-0.15, -0.1) is 17.8 Å². The van der Waals surface area contributed by atoms with Crippen LogP contribution in [0.4, 0.5) is 4.39 Å². The Kier molecular flexibility index (Phi) is 4.12. The maximum absolute atomic E-state index is 13.3. The number of benzene rings is 1. The molecule has 0 atom stereocenters. The molecule has 110 valence electrons. The summed E-state index contributed by atoms with van der Waals surface area (Å²) in [5.74, 6) is 1.78. The lowest BCUT2D eigenvalue weighted by atomic mass is 10.3. The molecule has 7 heteroatoms. The second-order valence-electron chi connectivity index (χ2n) is 4.31. The van der Waals surface area contributed by atoms with E-state index in [1.807, 2.05) is 0 Å². The number of hydrogen-bond acceptors (Lipinski definition) is 3. The Morgan fingerprint density at radius 2 is 2.18 bits per heavy atom. The van der Waals surface area contributed by atoms with Crippen LogP contribution in [0.2, 0.25) is 4.34 Å². The van der Waals surface area contributed by atoms with E-state index in [2.05, 4.69) is 10.9 Å². The van der Waals surface area contributed by atoms with Crippen LogP contribution >= 0.6 is 34.3 Å². The van der Waals surface area contributed by atoms with E-state index in [1.165, 1.54) is 23.5 Å². The number of rotatable bonds is 2. The molecule has 0 aliphatic carbocycles. The van der Waals surface area contributed by atoms with Crippen LogP contribution in [0.1, 0.15) is 9.67 Å². The third-order valence-electron chi connectivity index (χ3n) is 2.88. The minimum Gasteiger partial charge on any atom is -0.305 e. The van der Waals surface area contributed by atoms with E-state index < -0.39 is 5.91 Å². The Morgan fingerprint density at radius 3 is 2.86 bits per heavy atom. The summed E-state index contributed by atoms with van der Waals surface area (Å²) in [4.78, 5) is 17.2. The molecule has 0 fully saturated rings. The molecule has 0 saturated heterocycles. The van der Waals surface area contributed by atoms with Crippen molar-refractivity contribution in [2.24, 2.45) is 4.99 Å². The van der Waals surface area contributed by atoms with Crippen molar-refractivity contribution in [2.75, 3.05) is 0 Å². The van der Waals surface area contributed by atoms with Crippen molar-refractivity contribution in [3.05, 3.63) is 50.2 Å². The van der Waals surface area contributed by atoms with Crippen LogP contribution in [0.3, 0.4) is 0 Å². The van der Waals surface area contributed by atoms with Crippen LogP contribution in [0.25, 0.3) is 10.2 Å². The molecule has 3 rings (SSSR count). The van der Waals surface area contributed by atoms with Crippen molar-refractivity contribution in [3.63, 3.8) is 0 Å². The largest absolute Gasteiger partial charge is 0.305 e. The van der Waals surface area contributed by atoms with E-state index in [0.717, 1.165) is 16.9 Å². The topological polar surface area (TPSA) is 34.4 Å². The number of terminal acetylenes is 1. The van der Waals surface area contributed by atoms with Crippen LogP contribution < -0.4 is 4.80 Å². The number of carbonyl (C=O) groups is 1. The third-order valence-corrected chi connectivity index (χ3v) is 5.14. The van der Waals surface area contributed by atoms with Gasteiger partial charge in [0.15, 0.2) is 4.80 Å². The number of carbonyl (C=O) groups excluding carboxylic acids is 1. The van der Waals surface area contributed by atoms with Crippen LogP contribution in [0.15, 0.2) is 35.3 Å². The van der Waals surface area contributed by atoms with Gasteiger partial charge >= 0.3 is 0 Å². The highest BCUT2D eigenvalue weighted by atomic mass is 35.5. The molecule has 0 spiro atoms. The molecule has 0 saturated carbocycles. The second kappa shape index (κ2) is 6.05. The Balaban J connectivity index is 2.17. The van der Waals surface area contributed by atoms with E-state index >= 15 is 0 Å². The van der Waals surface area contributed by atoms with Crippen molar-refractivity contribution in [3.8, 4) is 12.3 Å². The van der Waals surface area contributed by atoms with Gasteiger partial charge in [0.2, 0.25) is 0 Å². The van der Waals surface area contributed by atoms with Crippen molar-refractivity contribution >= 4 is 50.4 Å². The first-order chi connectivity index (χ1) is 10.6. The van der Waals surface area contributed by atoms with E-state index in [0.29, 0.717) is 18.7 Å². The molecular weight excluding hydrogens is 343 g/mol. The van der Waals surface area contributed by atoms with E-state index in [-0.39, 0.29) is 12.4 Å². The molecule has 1 aromatic carbocycles. The first-order valence-corrected chi connectivity index (χ1v) is 8.16. The maximum atomic E-state index is 13.3. The molecule has 3 aromatic rings. The number of halogens is 2. The molecule has 3 nitrogen and oxygen atoms in total. The molecule has 0 aliphatic rings. The van der Waals surface area contributed by atoms with Gasteiger partial charge in [-0.3, -0.25) is 4.79 Å². The average Bonchev–Trinajstić information content (AvgIpc) is 3.04. The monoisotopic (exact) mass is 350 g/mol. The zero-order valence-electron chi connectivity index (χ0n) is 11.0. The highest BCUT2D eigenvalue weighted by Crippen LogP contribution is 2.22. The summed E-state index contributed by atoms with van der Waals surface area (Å²) in [6.45, 7) is 0.253. The molecular formula is C15H8ClFN2OS2. The average molecular weight is 351 g/mol. The number of amides is 1. The summed E-state index contributed by atoms with van der Waals surface area (Å²) in [5.41, 5.74) is 0.750. The van der Waals surface area contributed by atoms with Gasteiger partial charge in [-0.1, -0.05) is 28.9 Å². The van der Waals surface area contributed by atoms with Gasteiger partial charge in [0.1, 0.15) is 5.82 Å². The van der Waals surface area contributed by atoms with Crippen LogP contribution in [0.5, 0.6) is 0 Å². The molecule has 0 aliphatic heterocycles. The number of hydrogen-bond donors (Lipinski definition) is 0. The lowest BCUT2D eigenvalue weighted by Crippen LogP contribution is -2.16. The van der Waals surface area contributed by atoms with Gasteiger partial charge in [-0.2, -0.15) is 4.99 Å². The summed E-state index contributed by atoms with van der Waals surface area (Å²) < 4.78 is 16.3. The predicted octanol–water partition coefficient (Wildman–Crippen LogP) is 3.93. The summed E-state index contributed by atoms with van der Waals surface area (Å²) in [6, 6.07) is 7.65. The number of aromatic nitrogens is 1. The van der Waals surface area contributed by atoms with Gasteiger partial charge in [-0.25, -0.2) is 4.39 Å². The normalized spacial score (nSPS) is 11.8. The Morgan fingerprint density at radius 1 is 1.36 bits per heavy atom. The molecule has 2 aromatic heterocycles. The minimum atomic E-state index is -0.394. The number of thiophene rings is 1. The van der Waals surface area contributed by atoms with Gasteiger partial charge in [-0.05, 0) is 30.3 Å². The molecule has 0 unspecified atom stereocenters. The lowest BCUT2D eigenvalue weighted by molar-refractivity contribution is 0.100. The molecule has 0 bridgehead atoms. The fourth-order valence-electron chi connectivity index (χ4n) is 1.95. The van der Waals surface area contributed by atoms with E-state index in [1.54, 1.807) is 22.8 Å². The molecule has 1 amide bonds. The SMILES string of the molecule is C#CCn1c(=NC(=O)c2ccc(Cl)s2)sc2cc(F)ccc21. The summed E-state index contributed by atoms with van der Waals surface area (Å²) in [6.07, 6.45) is 5.37. The van der Waals surface area contributed by atoms with Gasteiger partial charge in [0, 0.05) is 0 Å². The maximum Gasteiger partial charge on any atom is 0.289 e. The zero-order chi connectivity index (χ0) is 15.7. The summed E-state index contributed by atoms with van der Waals surface area (Å²) in [5, 5.41) is 0. The summed E-state index contributed by atoms with van der Waals surface area (Å²) in [7, 11) is 0. The molecule has 2 heterocycles. The van der Waals surface area contributed by atoms with Crippen LogP contribution in [0, 0.1) is 18.2 Å². The quantitative estimate of drug-likeness (QED) is 0.645. The summed E-state index contributed by atoms with van der Waals surface area (Å²) >= 11 is 8.20. The van der Waals surface area contributed by atoms with Gasteiger partial charge in [0.05, 0.1) is 26.0 Å². The van der Waals surface area contributed by atoms with Crippen molar-refractivity contribution in [1.82, 2.24) is 4.57 Å². The van der Waals surface area contributed by atoms with E-state index in [9.17, 15) is 9.18 Å². The smallest absolute Gasteiger partial charge is 0.289 e. The first kappa shape index (κ1) is 15.0. The fraction of sp³-hybridized carbons (Fsp3) is 0.0667. The number of fused-ring (bicyclic) bond motifs is 1. The molecule has 0 N–H and O–H groups in total. The van der Waals surface area contributed by atoms with Crippen molar-refractivity contribution < 1.29 is 9.18 Å². The van der Waals surface area contributed by atoms with Gasteiger partial charge < -0.3 is 4.57 Å². The minimum absolute atomic E-state index is 0.253. The van der Waals surface area contributed by atoms with Crippen LogP contribution in [-0.2, 0) is 6.54 Å². The number of thiazole rings is 1. The highest BCUT2D eigenvalue weighted by Gasteiger charge is 2.11. The van der Waals surface area contributed by atoms with Crippen molar-refractivity contribution in [2.45, 2.75) is 6.54 Å². The second-order valence-corrected chi connectivity index (χ2v) is 7.03. The molecule has 0 radical (unpaired) electrons. The van der Waals surface area contributed by atoms with Crippen LogP contribution in [-0.4, -0.2) is 10.5 Å². The van der Waals surface area contributed by atoms with Crippen molar-refractivity contribution in [1.29, 1.82) is 0 Å². The number of nitrogens with zero attached hydrogens (tertiary/aromatic N) is 2. The Hall–Kier alpha value is -1.94. The van der Waals surface area contributed by atoms with E-state index in [4.69, 9.17) is 18.0 Å². The Labute approximate surface area is 138 Å². The first-order valence-electron chi connectivity index (χ1n) is 6.15. The molecule has 22 heavy (non-hydrogen) atoms. The van der Waals surface area contributed by atoms with Gasteiger partial charge in [0.25, 0.3) is 5.91 Å². The zero-order valence-corrected chi connectivity index (χ0v) is 13.4. The highest BCUT2D eigenvalue weighted by molar-refractivity contribution is 7.18. The standard InChI is InChI=1S/C15H8ClFN2OS2/c1-2-7-19-10-4-3-9(17)8-12(10)22-15(19)18-14(20)11-5-6-13(16)21-11/h1,3-6,8H,7H2.